The predicted molar refractivity (Wildman–Crippen MR) is 152 cm³/mol. The summed E-state index contributed by atoms with van der Waals surface area (Å²) in [4.78, 5) is 2.54. The Hall–Kier alpha value is -2.67. The highest BCUT2D eigenvalue weighted by Gasteiger charge is 2.26. The van der Waals surface area contributed by atoms with Crippen LogP contribution in [-0.4, -0.2) is 48.2 Å². The molecule has 206 valence electrons. The lowest BCUT2D eigenvalue weighted by atomic mass is 9.86. The fourth-order valence-electron chi connectivity index (χ4n) is 5.24. The van der Waals surface area contributed by atoms with E-state index in [-0.39, 0.29) is 5.41 Å². The van der Waals surface area contributed by atoms with E-state index in [0.717, 1.165) is 70.8 Å². The van der Waals surface area contributed by atoms with Crippen LogP contribution in [0.4, 0.5) is 0 Å². The van der Waals surface area contributed by atoms with Crippen LogP contribution in [0.5, 0.6) is 5.75 Å². The molecule has 38 heavy (non-hydrogen) atoms. The third kappa shape index (κ3) is 8.16. The minimum Gasteiger partial charge on any atom is -0.497 e. The Labute approximate surface area is 228 Å². The Balaban J connectivity index is 1.51. The average molecular weight is 520 g/mol. The van der Waals surface area contributed by atoms with Gasteiger partial charge in [0.25, 0.3) is 0 Å². The minimum atomic E-state index is -0.0129. The molecule has 1 aromatic heterocycles. The number of rotatable bonds is 10. The second-order valence-corrected chi connectivity index (χ2v) is 11.1. The Bertz CT molecular complexity index is 1110. The van der Waals surface area contributed by atoms with E-state index in [4.69, 9.17) is 19.3 Å². The van der Waals surface area contributed by atoms with E-state index < -0.39 is 0 Å². The van der Waals surface area contributed by atoms with E-state index >= 15 is 0 Å². The van der Waals surface area contributed by atoms with Crippen LogP contribution in [0, 0.1) is 5.41 Å². The fourth-order valence-corrected chi connectivity index (χ4v) is 5.24. The maximum atomic E-state index is 6.16. The van der Waals surface area contributed by atoms with Crippen molar-refractivity contribution in [1.29, 1.82) is 0 Å². The van der Waals surface area contributed by atoms with Gasteiger partial charge in [0, 0.05) is 39.4 Å². The van der Waals surface area contributed by atoms with Crippen molar-refractivity contribution in [3.63, 3.8) is 0 Å². The quantitative estimate of drug-likeness (QED) is 0.326. The maximum Gasteiger partial charge on any atom is 0.118 e. The molecule has 0 radical (unpaired) electrons. The lowest BCUT2D eigenvalue weighted by Crippen LogP contribution is -2.26. The van der Waals surface area contributed by atoms with Gasteiger partial charge in [-0.05, 0) is 66.8 Å². The first-order chi connectivity index (χ1) is 18.5. The van der Waals surface area contributed by atoms with Crippen molar-refractivity contribution in [2.75, 3.05) is 33.5 Å². The predicted octanol–water partition coefficient (Wildman–Crippen LogP) is 6.05. The highest BCUT2D eigenvalue weighted by molar-refractivity contribution is 5.29. The van der Waals surface area contributed by atoms with Crippen LogP contribution < -0.4 is 4.74 Å². The first kappa shape index (κ1) is 28.3. The van der Waals surface area contributed by atoms with Crippen molar-refractivity contribution in [3.8, 4) is 5.75 Å². The molecule has 0 atom stereocenters. The number of benzene rings is 2. The Morgan fingerprint density at radius 1 is 0.974 bits per heavy atom. The molecular weight excluding hydrogens is 474 g/mol. The number of methoxy groups -OCH3 is 1. The van der Waals surface area contributed by atoms with Crippen LogP contribution >= 0.6 is 0 Å². The van der Waals surface area contributed by atoms with E-state index in [1.54, 1.807) is 7.11 Å². The molecule has 2 aromatic carbocycles. The maximum absolute atomic E-state index is 6.16. The largest absolute Gasteiger partial charge is 0.497 e. The van der Waals surface area contributed by atoms with Gasteiger partial charge in [-0.3, -0.25) is 9.58 Å². The van der Waals surface area contributed by atoms with E-state index in [9.17, 15) is 0 Å². The molecule has 0 amide bonds. The average Bonchev–Trinajstić information content (AvgIpc) is 3.21. The molecular formula is C32H45N3O3. The van der Waals surface area contributed by atoms with Crippen LogP contribution in [0.15, 0.2) is 54.6 Å². The van der Waals surface area contributed by atoms with Gasteiger partial charge < -0.3 is 14.2 Å². The lowest BCUT2D eigenvalue weighted by molar-refractivity contribution is 0.0508. The standard InChI is InChI=1S/C32H45N3O3/c1-5-35-31-23-34(22-26-14-16-28(36-4)17-15-26)18-10-20-37-19-9-13-29(31)30(33-35)21-32(2,3)25-38-24-27-11-7-6-8-12-27/h6-8,11-12,14-17H,5,9-10,13,18-25H2,1-4H3. The molecule has 0 bridgehead atoms. The number of hydrogen-bond donors (Lipinski definition) is 0. The first-order valence-corrected chi connectivity index (χ1v) is 14.1. The monoisotopic (exact) mass is 519 g/mol. The second kappa shape index (κ2) is 13.9. The number of nitrogens with zero attached hydrogens (tertiary/aromatic N) is 3. The van der Waals surface area contributed by atoms with Gasteiger partial charge >= 0.3 is 0 Å². The number of hydrogen-bond acceptors (Lipinski definition) is 5. The zero-order chi connectivity index (χ0) is 26.8. The van der Waals surface area contributed by atoms with Gasteiger partial charge in [-0.15, -0.1) is 0 Å². The summed E-state index contributed by atoms with van der Waals surface area (Å²) in [7, 11) is 1.71. The molecule has 0 spiro atoms. The first-order valence-electron chi connectivity index (χ1n) is 14.1. The van der Waals surface area contributed by atoms with E-state index in [1.165, 1.54) is 28.1 Å². The van der Waals surface area contributed by atoms with Crippen LogP contribution in [0.2, 0.25) is 0 Å². The molecule has 0 aliphatic carbocycles. The zero-order valence-electron chi connectivity index (χ0n) is 23.7. The van der Waals surface area contributed by atoms with Gasteiger partial charge in [-0.2, -0.15) is 5.10 Å². The molecule has 0 fully saturated rings. The molecule has 1 aliphatic rings. The van der Waals surface area contributed by atoms with Crippen LogP contribution in [0.1, 0.15) is 61.7 Å². The molecule has 0 saturated carbocycles. The van der Waals surface area contributed by atoms with Crippen molar-refractivity contribution in [2.24, 2.45) is 5.41 Å². The van der Waals surface area contributed by atoms with Crippen molar-refractivity contribution < 1.29 is 14.2 Å². The van der Waals surface area contributed by atoms with Gasteiger partial charge in [0.15, 0.2) is 0 Å². The molecule has 1 aliphatic heterocycles. The summed E-state index contributed by atoms with van der Waals surface area (Å²) in [6, 6.07) is 18.8. The number of ether oxygens (including phenoxy) is 3. The molecule has 3 aromatic rings. The zero-order valence-corrected chi connectivity index (χ0v) is 23.7. The highest BCUT2D eigenvalue weighted by Crippen LogP contribution is 2.28. The Morgan fingerprint density at radius 3 is 2.47 bits per heavy atom. The van der Waals surface area contributed by atoms with Gasteiger partial charge in [-0.25, -0.2) is 0 Å². The van der Waals surface area contributed by atoms with Crippen LogP contribution in [-0.2, 0) is 48.6 Å². The van der Waals surface area contributed by atoms with Crippen molar-refractivity contribution in [1.82, 2.24) is 14.7 Å². The molecule has 0 saturated heterocycles. The topological polar surface area (TPSA) is 48.8 Å². The smallest absolute Gasteiger partial charge is 0.118 e. The highest BCUT2D eigenvalue weighted by atomic mass is 16.5. The van der Waals surface area contributed by atoms with Crippen LogP contribution in [0.3, 0.4) is 0 Å². The number of aromatic nitrogens is 2. The second-order valence-electron chi connectivity index (χ2n) is 11.1. The normalized spacial score (nSPS) is 15.6. The molecule has 6 heteroatoms. The van der Waals surface area contributed by atoms with Gasteiger partial charge in [0.05, 0.1) is 31.7 Å². The van der Waals surface area contributed by atoms with Crippen molar-refractivity contribution in [3.05, 3.63) is 82.7 Å². The molecule has 6 nitrogen and oxygen atoms in total. The summed E-state index contributed by atoms with van der Waals surface area (Å²) in [5.41, 5.74) is 6.48. The van der Waals surface area contributed by atoms with Crippen molar-refractivity contribution in [2.45, 2.75) is 72.7 Å². The third-order valence-corrected chi connectivity index (χ3v) is 7.22. The number of aryl methyl sites for hydroxylation is 1. The molecule has 0 N–H and O–H groups in total. The summed E-state index contributed by atoms with van der Waals surface area (Å²) in [5.74, 6) is 0.894. The van der Waals surface area contributed by atoms with Crippen LogP contribution in [0.25, 0.3) is 0 Å². The Kier molecular flexibility index (Phi) is 10.4. The lowest BCUT2D eigenvalue weighted by Gasteiger charge is -2.25. The van der Waals surface area contributed by atoms with E-state index in [1.807, 2.05) is 18.2 Å². The van der Waals surface area contributed by atoms with E-state index in [0.29, 0.717) is 13.2 Å². The number of fused-ring (bicyclic) bond motifs is 1. The summed E-state index contributed by atoms with van der Waals surface area (Å²) < 4.78 is 19.7. The minimum absolute atomic E-state index is 0.0129. The Morgan fingerprint density at radius 2 is 1.74 bits per heavy atom. The van der Waals surface area contributed by atoms with Crippen molar-refractivity contribution >= 4 is 0 Å². The van der Waals surface area contributed by atoms with E-state index in [2.05, 4.69) is 66.8 Å². The third-order valence-electron chi connectivity index (χ3n) is 7.22. The SMILES string of the molecule is CCn1nc(CC(C)(C)COCc2ccccc2)c2c1CN(Cc1ccc(OC)cc1)CCCOCCC2. The summed E-state index contributed by atoms with van der Waals surface area (Å²) in [6.45, 7) is 13.4. The summed E-state index contributed by atoms with van der Waals surface area (Å²) in [6.07, 6.45) is 3.96. The molecule has 4 rings (SSSR count). The molecule has 0 unspecified atom stereocenters. The summed E-state index contributed by atoms with van der Waals surface area (Å²) in [5, 5.41) is 5.17. The van der Waals surface area contributed by atoms with Gasteiger partial charge in [0.1, 0.15) is 5.75 Å². The van der Waals surface area contributed by atoms with Gasteiger partial charge in [0.2, 0.25) is 0 Å². The summed E-state index contributed by atoms with van der Waals surface area (Å²) >= 11 is 0. The molecule has 2 heterocycles. The fraction of sp³-hybridized carbons (Fsp3) is 0.531. The van der Waals surface area contributed by atoms with Gasteiger partial charge in [-0.1, -0.05) is 56.3 Å².